The van der Waals surface area contributed by atoms with E-state index < -0.39 is 5.54 Å². The summed E-state index contributed by atoms with van der Waals surface area (Å²) in [5.74, 6) is 1.70. The Morgan fingerprint density at radius 2 is 2.00 bits per heavy atom. The smallest absolute Gasteiger partial charge is 0.118 e. The minimum atomic E-state index is -0.518. The number of hydrogen-bond acceptors (Lipinski definition) is 3. The van der Waals surface area contributed by atoms with Crippen LogP contribution in [0, 0.1) is 0 Å². The summed E-state index contributed by atoms with van der Waals surface area (Å²) in [5, 5.41) is 0. The van der Waals surface area contributed by atoms with Crippen LogP contribution in [-0.4, -0.2) is 7.11 Å². The molecular weight excluding hydrogens is 250 g/mol. The van der Waals surface area contributed by atoms with E-state index >= 15 is 0 Å². The third-order valence-electron chi connectivity index (χ3n) is 3.35. The molecule has 0 radical (unpaired) electrons. The Hall–Kier alpha value is -2.00. The van der Waals surface area contributed by atoms with Gasteiger partial charge < -0.3 is 14.9 Å². The number of hydrogen-bond donors (Lipinski definition) is 1. The highest BCUT2D eigenvalue weighted by Crippen LogP contribution is 2.30. The number of ether oxygens (including phenoxy) is 1. The van der Waals surface area contributed by atoms with Crippen molar-refractivity contribution in [1.82, 2.24) is 0 Å². The minimum absolute atomic E-state index is 0.518. The maximum atomic E-state index is 6.64. The van der Waals surface area contributed by atoms with E-state index in [1.807, 2.05) is 43.3 Å². The van der Waals surface area contributed by atoms with Gasteiger partial charge in [-0.3, -0.25) is 0 Å². The summed E-state index contributed by atoms with van der Waals surface area (Å²) in [7, 11) is 1.65. The molecule has 0 amide bonds. The average Bonchev–Trinajstić information content (AvgIpc) is 2.90. The lowest BCUT2D eigenvalue weighted by atomic mass is 9.81. The standard InChI is InChI=1S/C17H21NO2/c1-13(2)11-17(18,12-16-5-4-10-20-16)14-6-8-15(19-3)9-7-14/h4-10H,1,11-12,18H2,2-3H3. The quantitative estimate of drug-likeness (QED) is 0.816. The monoisotopic (exact) mass is 271 g/mol. The molecule has 1 unspecified atom stereocenters. The zero-order valence-corrected chi connectivity index (χ0v) is 12.1. The highest BCUT2D eigenvalue weighted by atomic mass is 16.5. The van der Waals surface area contributed by atoms with E-state index in [1.54, 1.807) is 13.4 Å². The molecule has 0 fully saturated rings. The largest absolute Gasteiger partial charge is 0.497 e. The molecule has 0 saturated carbocycles. The van der Waals surface area contributed by atoms with Crippen LogP contribution in [0.3, 0.4) is 0 Å². The van der Waals surface area contributed by atoms with E-state index in [4.69, 9.17) is 14.9 Å². The maximum absolute atomic E-state index is 6.64. The molecule has 2 N–H and O–H groups in total. The van der Waals surface area contributed by atoms with Crippen LogP contribution < -0.4 is 10.5 Å². The predicted molar refractivity (Wildman–Crippen MR) is 80.7 cm³/mol. The molecule has 0 aliphatic heterocycles. The molecule has 20 heavy (non-hydrogen) atoms. The van der Waals surface area contributed by atoms with Gasteiger partial charge in [0.15, 0.2) is 0 Å². The second-order valence-electron chi connectivity index (χ2n) is 5.27. The van der Waals surface area contributed by atoms with E-state index in [0.717, 1.165) is 22.6 Å². The third kappa shape index (κ3) is 3.31. The van der Waals surface area contributed by atoms with Gasteiger partial charge in [-0.1, -0.05) is 17.7 Å². The third-order valence-corrected chi connectivity index (χ3v) is 3.35. The molecule has 1 heterocycles. The summed E-state index contributed by atoms with van der Waals surface area (Å²) >= 11 is 0. The van der Waals surface area contributed by atoms with Gasteiger partial charge in [-0.15, -0.1) is 6.58 Å². The van der Waals surface area contributed by atoms with Crippen LogP contribution in [0.4, 0.5) is 0 Å². The van der Waals surface area contributed by atoms with E-state index in [1.165, 1.54) is 0 Å². The first kappa shape index (κ1) is 14.4. The SMILES string of the molecule is C=C(C)CC(N)(Cc1ccco1)c1ccc(OC)cc1. The normalized spacial score (nSPS) is 13.8. The first-order chi connectivity index (χ1) is 9.53. The highest BCUT2D eigenvalue weighted by molar-refractivity contribution is 5.33. The second kappa shape index (κ2) is 5.97. The number of nitrogens with two attached hydrogens (primary N) is 1. The van der Waals surface area contributed by atoms with Gasteiger partial charge in [0.1, 0.15) is 11.5 Å². The van der Waals surface area contributed by atoms with Crippen LogP contribution in [0.2, 0.25) is 0 Å². The van der Waals surface area contributed by atoms with Crippen LogP contribution in [0.15, 0.2) is 59.2 Å². The van der Waals surface area contributed by atoms with Crippen molar-refractivity contribution in [2.24, 2.45) is 5.73 Å². The summed E-state index contributed by atoms with van der Waals surface area (Å²) < 4.78 is 10.6. The molecule has 1 atom stereocenters. The molecule has 1 aromatic carbocycles. The molecule has 3 nitrogen and oxygen atoms in total. The van der Waals surface area contributed by atoms with Gasteiger partial charge in [-0.2, -0.15) is 0 Å². The van der Waals surface area contributed by atoms with Gasteiger partial charge in [0.2, 0.25) is 0 Å². The fraction of sp³-hybridized carbons (Fsp3) is 0.294. The average molecular weight is 271 g/mol. The van der Waals surface area contributed by atoms with Crippen molar-refractivity contribution in [3.8, 4) is 5.75 Å². The number of methoxy groups -OCH3 is 1. The first-order valence-corrected chi connectivity index (χ1v) is 6.64. The van der Waals surface area contributed by atoms with Gasteiger partial charge in [0.25, 0.3) is 0 Å². The number of benzene rings is 1. The zero-order chi connectivity index (χ0) is 14.6. The van der Waals surface area contributed by atoms with Crippen molar-refractivity contribution in [2.75, 3.05) is 7.11 Å². The minimum Gasteiger partial charge on any atom is -0.497 e. The Balaban J connectivity index is 2.31. The second-order valence-corrected chi connectivity index (χ2v) is 5.27. The molecule has 0 bridgehead atoms. The van der Waals surface area contributed by atoms with Gasteiger partial charge in [0.05, 0.1) is 18.9 Å². The topological polar surface area (TPSA) is 48.4 Å². The summed E-state index contributed by atoms with van der Waals surface area (Å²) in [6, 6.07) is 11.7. The Morgan fingerprint density at radius 3 is 2.50 bits per heavy atom. The fourth-order valence-electron chi connectivity index (χ4n) is 2.45. The van der Waals surface area contributed by atoms with Crippen molar-refractivity contribution >= 4 is 0 Å². The molecular formula is C17H21NO2. The van der Waals surface area contributed by atoms with Crippen molar-refractivity contribution in [2.45, 2.75) is 25.3 Å². The van der Waals surface area contributed by atoms with E-state index in [0.29, 0.717) is 12.8 Å². The van der Waals surface area contributed by atoms with Crippen molar-refractivity contribution in [1.29, 1.82) is 0 Å². The summed E-state index contributed by atoms with van der Waals surface area (Å²) in [6.07, 6.45) is 3.02. The first-order valence-electron chi connectivity index (χ1n) is 6.64. The molecule has 0 aliphatic carbocycles. The summed E-state index contributed by atoms with van der Waals surface area (Å²) in [4.78, 5) is 0. The summed E-state index contributed by atoms with van der Waals surface area (Å²) in [5.41, 5.74) is 8.23. The molecule has 2 rings (SSSR count). The summed E-state index contributed by atoms with van der Waals surface area (Å²) in [6.45, 7) is 5.99. The molecule has 1 aromatic heterocycles. The van der Waals surface area contributed by atoms with E-state index in [2.05, 4.69) is 6.58 Å². The molecule has 0 saturated heterocycles. The Bertz CT molecular complexity index is 557. The molecule has 0 spiro atoms. The van der Waals surface area contributed by atoms with Crippen LogP contribution >= 0.6 is 0 Å². The number of furan rings is 1. The van der Waals surface area contributed by atoms with Gasteiger partial charge in [-0.05, 0) is 43.2 Å². The van der Waals surface area contributed by atoms with E-state index in [9.17, 15) is 0 Å². The molecule has 0 aliphatic rings. The van der Waals surface area contributed by atoms with Crippen LogP contribution in [0.1, 0.15) is 24.7 Å². The van der Waals surface area contributed by atoms with Crippen molar-refractivity contribution in [3.63, 3.8) is 0 Å². The fourth-order valence-corrected chi connectivity index (χ4v) is 2.45. The van der Waals surface area contributed by atoms with Crippen LogP contribution in [-0.2, 0) is 12.0 Å². The van der Waals surface area contributed by atoms with Gasteiger partial charge >= 0.3 is 0 Å². The molecule has 3 heteroatoms. The molecule has 2 aromatic rings. The lowest BCUT2D eigenvalue weighted by Crippen LogP contribution is -2.39. The number of rotatable bonds is 6. The zero-order valence-electron chi connectivity index (χ0n) is 12.1. The maximum Gasteiger partial charge on any atom is 0.118 e. The highest BCUT2D eigenvalue weighted by Gasteiger charge is 2.29. The Morgan fingerprint density at radius 1 is 1.30 bits per heavy atom. The Kier molecular flexibility index (Phi) is 4.30. The van der Waals surface area contributed by atoms with E-state index in [-0.39, 0.29) is 0 Å². The van der Waals surface area contributed by atoms with Crippen molar-refractivity contribution in [3.05, 3.63) is 66.1 Å². The van der Waals surface area contributed by atoms with Gasteiger partial charge in [0, 0.05) is 6.42 Å². The van der Waals surface area contributed by atoms with Crippen LogP contribution in [0.25, 0.3) is 0 Å². The Labute approximate surface area is 120 Å². The predicted octanol–water partition coefficient (Wildman–Crippen LogP) is 3.65. The van der Waals surface area contributed by atoms with Crippen molar-refractivity contribution < 1.29 is 9.15 Å². The van der Waals surface area contributed by atoms with Crippen LogP contribution in [0.5, 0.6) is 5.75 Å². The molecule has 106 valence electrons. The lowest BCUT2D eigenvalue weighted by molar-refractivity contribution is 0.383. The van der Waals surface area contributed by atoms with Gasteiger partial charge in [-0.25, -0.2) is 0 Å². The lowest BCUT2D eigenvalue weighted by Gasteiger charge is -2.30.